The predicted molar refractivity (Wildman–Crippen MR) is 104 cm³/mol. The van der Waals surface area contributed by atoms with E-state index in [0.717, 1.165) is 25.7 Å². The topological polar surface area (TPSA) is 66.5 Å². The smallest absolute Gasteiger partial charge is 0.261 e. The van der Waals surface area contributed by atoms with Crippen molar-refractivity contribution in [2.45, 2.75) is 49.1 Å². The highest BCUT2D eigenvalue weighted by Crippen LogP contribution is 2.41. The normalized spacial score (nSPS) is 27.0. The molecule has 2 aliphatic carbocycles. The van der Waals surface area contributed by atoms with Gasteiger partial charge in [0.05, 0.1) is 9.77 Å². The summed E-state index contributed by atoms with van der Waals surface area (Å²) in [6, 6.07) is 9.36. The first-order valence-electron chi connectivity index (χ1n) is 9.50. The Labute approximate surface area is 163 Å². The van der Waals surface area contributed by atoms with Crippen molar-refractivity contribution in [2.24, 2.45) is 5.92 Å². The molecule has 5 rings (SSSR count). The summed E-state index contributed by atoms with van der Waals surface area (Å²) < 4.78 is 28.0. The maximum absolute atomic E-state index is 13.2. The Bertz CT molecular complexity index is 985. The van der Waals surface area contributed by atoms with Crippen molar-refractivity contribution in [3.05, 3.63) is 51.7 Å². The minimum absolute atomic E-state index is 0.0121. The van der Waals surface area contributed by atoms with Crippen molar-refractivity contribution in [3.63, 3.8) is 0 Å². The molecule has 2 heterocycles. The molecule has 3 aliphatic rings. The molecule has 5 nitrogen and oxygen atoms in total. The highest BCUT2D eigenvalue weighted by atomic mass is 32.2. The lowest BCUT2D eigenvalue weighted by molar-refractivity contribution is 0.0923. The number of fused-ring (bicyclic) bond motifs is 3. The highest BCUT2D eigenvalue weighted by molar-refractivity contribution is 7.89. The minimum atomic E-state index is -3.46. The fraction of sp³-hybridized carbons (Fsp3) is 0.450. The molecule has 1 aromatic carbocycles. The summed E-state index contributed by atoms with van der Waals surface area (Å²) in [7, 11) is -3.46. The summed E-state index contributed by atoms with van der Waals surface area (Å²) in [5.41, 5.74) is 2.47. The van der Waals surface area contributed by atoms with Crippen molar-refractivity contribution in [1.29, 1.82) is 0 Å². The van der Waals surface area contributed by atoms with E-state index in [4.69, 9.17) is 0 Å². The van der Waals surface area contributed by atoms with E-state index in [9.17, 15) is 13.2 Å². The lowest BCUT2D eigenvalue weighted by Gasteiger charge is -2.31. The molecule has 0 spiro atoms. The molecular weight excluding hydrogens is 380 g/mol. The Kier molecular flexibility index (Phi) is 4.14. The fourth-order valence-corrected chi connectivity index (χ4v) is 7.26. The van der Waals surface area contributed by atoms with Crippen molar-refractivity contribution >= 4 is 27.3 Å². The molecule has 2 fully saturated rings. The van der Waals surface area contributed by atoms with Crippen molar-refractivity contribution < 1.29 is 13.2 Å². The van der Waals surface area contributed by atoms with Crippen LogP contribution in [0.1, 0.15) is 40.1 Å². The van der Waals surface area contributed by atoms with Crippen LogP contribution >= 0.6 is 11.3 Å². The Balaban J connectivity index is 1.31. The Morgan fingerprint density at radius 1 is 1.15 bits per heavy atom. The zero-order valence-corrected chi connectivity index (χ0v) is 16.6. The molecule has 1 saturated heterocycles. The van der Waals surface area contributed by atoms with Crippen LogP contribution in [-0.2, 0) is 22.9 Å². The van der Waals surface area contributed by atoms with Gasteiger partial charge in [-0.05, 0) is 72.7 Å². The summed E-state index contributed by atoms with van der Waals surface area (Å²) in [5.74, 6) is 0.152. The number of carbonyl (C=O) groups excluding carboxylic acids is 1. The molecule has 7 heteroatoms. The average molecular weight is 403 g/mol. The van der Waals surface area contributed by atoms with E-state index in [1.807, 2.05) is 29.6 Å². The second kappa shape index (κ2) is 6.43. The van der Waals surface area contributed by atoms with E-state index in [2.05, 4.69) is 5.32 Å². The Morgan fingerprint density at radius 2 is 2.00 bits per heavy atom. The summed E-state index contributed by atoms with van der Waals surface area (Å²) in [4.78, 5) is 13.4. The van der Waals surface area contributed by atoms with Gasteiger partial charge in [-0.25, -0.2) is 8.42 Å². The lowest BCUT2D eigenvalue weighted by Crippen LogP contribution is -2.47. The zero-order valence-electron chi connectivity index (χ0n) is 14.9. The maximum Gasteiger partial charge on any atom is 0.261 e. The van der Waals surface area contributed by atoms with Crippen molar-refractivity contribution in [2.75, 3.05) is 6.54 Å². The number of sulfonamides is 1. The molecular formula is C20H22N2O3S2. The number of rotatable bonds is 4. The number of piperidine rings is 1. The van der Waals surface area contributed by atoms with Crippen molar-refractivity contribution in [1.82, 2.24) is 9.62 Å². The summed E-state index contributed by atoms with van der Waals surface area (Å²) in [5, 5.41) is 5.00. The number of carbonyl (C=O) groups is 1. The number of nitrogens with zero attached hydrogens (tertiary/aromatic N) is 1. The molecule has 1 N–H and O–H groups in total. The standard InChI is InChI=1S/C20H22N2O3S2/c23-20(19-5-2-8-26-19)21-18-11-16-9-15(18)12-22(16)27(24,25)17-7-6-13-3-1-4-14(13)10-17/h2,5-8,10,15-16,18H,1,3-4,9,11-12H2,(H,21,23)/t15-,16-,18-/m0/s1. The summed E-state index contributed by atoms with van der Waals surface area (Å²) >= 11 is 1.43. The Morgan fingerprint density at radius 3 is 2.74 bits per heavy atom. The third-order valence-electron chi connectivity index (χ3n) is 6.23. The van der Waals surface area contributed by atoms with E-state index in [-0.39, 0.29) is 23.9 Å². The van der Waals surface area contributed by atoms with Crippen LogP contribution in [0.5, 0.6) is 0 Å². The van der Waals surface area contributed by atoms with Gasteiger partial charge >= 0.3 is 0 Å². The largest absolute Gasteiger partial charge is 0.348 e. The molecule has 0 unspecified atom stereocenters. The highest BCUT2D eigenvalue weighted by Gasteiger charge is 2.49. The Hall–Kier alpha value is -1.70. The van der Waals surface area contributed by atoms with E-state index in [1.165, 1.54) is 22.5 Å². The van der Waals surface area contributed by atoms with Crippen LogP contribution in [0.25, 0.3) is 0 Å². The van der Waals surface area contributed by atoms with Crippen LogP contribution in [0.2, 0.25) is 0 Å². The molecule has 1 amide bonds. The molecule has 0 radical (unpaired) electrons. The number of benzene rings is 1. The molecule has 27 heavy (non-hydrogen) atoms. The van der Waals surface area contributed by atoms with Gasteiger partial charge in [0, 0.05) is 18.6 Å². The van der Waals surface area contributed by atoms with Crippen LogP contribution in [0.3, 0.4) is 0 Å². The number of hydrogen-bond donors (Lipinski definition) is 1. The fourth-order valence-electron chi connectivity index (χ4n) is 4.88. The number of thiophene rings is 1. The predicted octanol–water partition coefficient (Wildman–Crippen LogP) is 2.82. The van der Waals surface area contributed by atoms with Gasteiger partial charge in [0.15, 0.2) is 0 Å². The van der Waals surface area contributed by atoms with E-state index < -0.39 is 10.0 Å². The van der Waals surface area contributed by atoms with Gasteiger partial charge in [-0.2, -0.15) is 4.31 Å². The quantitative estimate of drug-likeness (QED) is 0.855. The number of aryl methyl sites for hydroxylation is 2. The second-order valence-electron chi connectivity index (χ2n) is 7.80. The maximum atomic E-state index is 13.2. The van der Waals surface area contributed by atoms with Crippen LogP contribution in [-0.4, -0.2) is 37.3 Å². The molecule has 1 aliphatic heterocycles. The van der Waals surface area contributed by atoms with Crippen LogP contribution in [0, 0.1) is 5.92 Å². The van der Waals surface area contributed by atoms with Crippen LogP contribution in [0.15, 0.2) is 40.6 Å². The van der Waals surface area contributed by atoms with E-state index in [0.29, 0.717) is 22.7 Å². The summed E-state index contributed by atoms with van der Waals surface area (Å²) in [6.07, 6.45) is 4.67. The summed E-state index contributed by atoms with van der Waals surface area (Å²) in [6.45, 7) is 0.499. The first-order valence-corrected chi connectivity index (χ1v) is 11.8. The molecule has 142 valence electrons. The van der Waals surface area contributed by atoms with Gasteiger partial charge in [0.25, 0.3) is 5.91 Å². The van der Waals surface area contributed by atoms with Gasteiger partial charge in [0.2, 0.25) is 10.0 Å². The van der Waals surface area contributed by atoms with Crippen molar-refractivity contribution in [3.8, 4) is 0 Å². The molecule has 1 aromatic heterocycles. The number of hydrogen-bond acceptors (Lipinski definition) is 4. The van der Waals surface area contributed by atoms with E-state index in [1.54, 1.807) is 10.4 Å². The first-order chi connectivity index (χ1) is 13.0. The van der Waals surface area contributed by atoms with Gasteiger partial charge in [-0.3, -0.25) is 4.79 Å². The van der Waals surface area contributed by atoms with E-state index >= 15 is 0 Å². The second-order valence-corrected chi connectivity index (χ2v) is 10.6. The third-order valence-corrected chi connectivity index (χ3v) is 9.01. The van der Waals surface area contributed by atoms with Gasteiger partial charge in [-0.1, -0.05) is 12.1 Å². The van der Waals surface area contributed by atoms with Gasteiger partial charge in [-0.15, -0.1) is 11.3 Å². The number of amides is 1. The molecule has 1 saturated carbocycles. The molecule has 3 atom stereocenters. The minimum Gasteiger partial charge on any atom is -0.348 e. The molecule has 2 bridgehead atoms. The number of nitrogens with one attached hydrogen (secondary N) is 1. The van der Waals surface area contributed by atoms with Gasteiger partial charge in [0.1, 0.15) is 0 Å². The van der Waals surface area contributed by atoms with Crippen LogP contribution < -0.4 is 5.32 Å². The van der Waals surface area contributed by atoms with Gasteiger partial charge < -0.3 is 5.32 Å². The zero-order chi connectivity index (χ0) is 18.6. The average Bonchev–Trinajstić information content (AvgIpc) is 3.44. The third kappa shape index (κ3) is 2.92. The van der Waals surface area contributed by atoms with Crippen LogP contribution in [0.4, 0.5) is 0 Å². The monoisotopic (exact) mass is 402 g/mol. The molecule has 2 aromatic rings. The SMILES string of the molecule is O=C(N[C@H]1C[C@@H]2C[C@H]1CN2S(=O)(=O)c1ccc2c(c1)CCC2)c1cccs1. The first kappa shape index (κ1) is 17.4. The lowest BCUT2D eigenvalue weighted by atomic mass is 10.0.